The van der Waals surface area contributed by atoms with Crippen molar-refractivity contribution in [1.29, 1.82) is 0 Å². The van der Waals surface area contributed by atoms with Crippen LogP contribution in [0.5, 0.6) is 5.75 Å². The number of para-hydroxylation sites is 1. The van der Waals surface area contributed by atoms with Crippen molar-refractivity contribution in [3.63, 3.8) is 0 Å². The van der Waals surface area contributed by atoms with Gasteiger partial charge >= 0.3 is 6.09 Å². The van der Waals surface area contributed by atoms with Crippen molar-refractivity contribution in [2.75, 3.05) is 6.54 Å². The molecule has 0 radical (unpaired) electrons. The van der Waals surface area contributed by atoms with Gasteiger partial charge in [0.1, 0.15) is 16.9 Å². The average molecular weight is 359 g/mol. The number of hydrogen-bond acceptors (Lipinski definition) is 3. The minimum absolute atomic E-state index is 0.429. The van der Waals surface area contributed by atoms with Crippen LogP contribution >= 0.6 is 0 Å². The Bertz CT molecular complexity index is 1050. The lowest BCUT2D eigenvalue weighted by molar-refractivity contribution is 0.200. The number of ether oxygens (including phenoxy) is 1. The maximum Gasteiger partial charge on any atom is 0.412 e. The van der Waals surface area contributed by atoms with Gasteiger partial charge in [-0.15, -0.1) is 0 Å². The van der Waals surface area contributed by atoms with Crippen molar-refractivity contribution < 1.29 is 13.9 Å². The van der Waals surface area contributed by atoms with Crippen molar-refractivity contribution in [2.45, 2.75) is 19.3 Å². The van der Waals surface area contributed by atoms with Crippen molar-refractivity contribution in [1.82, 2.24) is 5.32 Å². The number of hydrogen-bond donors (Lipinski definition) is 1. The summed E-state index contributed by atoms with van der Waals surface area (Å²) >= 11 is 0. The number of fused-ring (bicyclic) bond motifs is 3. The lowest BCUT2D eigenvalue weighted by Crippen LogP contribution is -2.27. The molecule has 0 aliphatic rings. The Morgan fingerprint density at radius 3 is 2.52 bits per heavy atom. The van der Waals surface area contributed by atoms with Crippen LogP contribution in [0.15, 0.2) is 77.2 Å². The third-order valence-corrected chi connectivity index (χ3v) is 4.56. The number of benzene rings is 3. The molecule has 1 aromatic heterocycles. The van der Waals surface area contributed by atoms with E-state index in [1.807, 2.05) is 54.6 Å². The van der Waals surface area contributed by atoms with E-state index in [9.17, 15) is 4.79 Å². The van der Waals surface area contributed by atoms with Crippen LogP contribution in [0, 0.1) is 0 Å². The summed E-state index contributed by atoms with van der Waals surface area (Å²) in [5, 5.41) is 4.77. The molecule has 0 bridgehead atoms. The largest absolute Gasteiger partial charge is 0.456 e. The smallest absolute Gasteiger partial charge is 0.412 e. The van der Waals surface area contributed by atoms with Gasteiger partial charge in [0.2, 0.25) is 0 Å². The van der Waals surface area contributed by atoms with Gasteiger partial charge in [-0.05, 0) is 49.1 Å². The Kier molecular flexibility index (Phi) is 5.06. The molecule has 0 atom stereocenters. The van der Waals surface area contributed by atoms with Crippen molar-refractivity contribution >= 4 is 28.0 Å². The first-order valence-electron chi connectivity index (χ1n) is 9.20. The highest BCUT2D eigenvalue weighted by molar-refractivity contribution is 6.05. The van der Waals surface area contributed by atoms with Crippen LogP contribution < -0.4 is 10.1 Å². The first-order valence-corrected chi connectivity index (χ1v) is 9.20. The summed E-state index contributed by atoms with van der Waals surface area (Å²) in [5.74, 6) is 0.510. The Labute approximate surface area is 157 Å². The molecule has 4 heteroatoms. The number of carbonyl (C=O) groups excluding carboxylic acids is 1. The number of amides is 1. The number of unbranched alkanes of at least 4 members (excludes halogenated alkanes) is 1. The van der Waals surface area contributed by atoms with E-state index >= 15 is 0 Å². The van der Waals surface area contributed by atoms with Gasteiger partial charge in [0, 0.05) is 17.3 Å². The zero-order valence-electron chi connectivity index (χ0n) is 15.0. The van der Waals surface area contributed by atoms with Gasteiger partial charge in [-0.25, -0.2) is 4.79 Å². The summed E-state index contributed by atoms with van der Waals surface area (Å²) in [6.45, 7) is 0.600. The Balaban J connectivity index is 1.29. The maximum absolute atomic E-state index is 12.0. The fraction of sp³-hybridized carbons (Fsp3) is 0.174. The van der Waals surface area contributed by atoms with Crippen LogP contribution in [0.4, 0.5) is 4.79 Å². The number of rotatable bonds is 6. The summed E-state index contributed by atoms with van der Waals surface area (Å²) in [6.07, 6.45) is 2.52. The zero-order chi connectivity index (χ0) is 18.5. The number of nitrogens with one attached hydrogen (secondary N) is 1. The predicted molar refractivity (Wildman–Crippen MR) is 107 cm³/mol. The maximum atomic E-state index is 12.0. The molecule has 4 nitrogen and oxygen atoms in total. The van der Waals surface area contributed by atoms with Gasteiger partial charge in [0.15, 0.2) is 0 Å². The molecule has 3 aromatic carbocycles. The monoisotopic (exact) mass is 359 g/mol. The first kappa shape index (κ1) is 17.2. The zero-order valence-corrected chi connectivity index (χ0v) is 15.0. The molecule has 27 heavy (non-hydrogen) atoms. The summed E-state index contributed by atoms with van der Waals surface area (Å²) in [4.78, 5) is 12.0. The molecule has 0 aliphatic heterocycles. The van der Waals surface area contributed by atoms with Crippen LogP contribution in [0.3, 0.4) is 0 Å². The Hall–Kier alpha value is -3.27. The summed E-state index contributed by atoms with van der Waals surface area (Å²) in [7, 11) is 0. The van der Waals surface area contributed by atoms with Gasteiger partial charge < -0.3 is 14.5 Å². The Morgan fingerprint density at radius 2 is 1.63 bits per heavy atom. The minimum atomic E-state index is -0.429. The Morgan fingerprint density at radius 1 is 0.852 bits per heavy atom. The summed E-state index contributed by atoms with van der Waals surface area (Å²) in [5.41, 5.74) is 2.93. The van der Waals surface area contributed by atoms with E-state index in [0.29, 0.717) is 12.3 Å². The average Bonchev–Trinajstić information content (AvgIpc) is 3.06. The normalized spacial score (nSPS) is 11.0. The molecular weight excluding hydrogens is 338 g/mol. The van der Waals surface area contributed by atoms with Crippen LogP contribution in [0.1, 0.15) is 18.4 Å². The van der Waals surface area contributed by atoms with E-state index in [4.69, 9.17) is 9.15 Å². The molecule has 1 N–H and O–H groups in total. The summed E-state index contributed by atoms with van der Waals surface area (Å²) in [6, 6.07) is 23.6. The van der Waals surface area contributed by atoms with Crippen LogP contribution in [0.25, 0.3) is 21.9 Å². The van der Waals surface area contributed by atoms with E-state index in [-0.39, 0.29) is 0 Å². The quantitative estimate of drug-likeness (QED) is 0.449. The number of carbonyl (C=O) groups is 1. The molecule has 0 fully saturated rings. The van der Waals surface area contributed by atoms with Crippen molar-refractivity contribution in [3.8, 4) is 5.75 Å². The van der Waals surface area contributed by atoms with E-state index in [1.54, 1.807) is 6.07 Å². The van der Waals surface area contributed by atoms with Gasteiger partial charge in [-0.3, -0.25) is 0 Å². The fourth-order valence-electron chi connectivity index (χ4n) is 3.20. The molecule has 136 valence electrons. The molecule has 1 amide bonds. The molecule has 0 aliphatic carbocycles. The van der Waals surface area contributed by atoms with Gasteiger partial charge in [-0.2, -0.15) is 0 Å². The van der Waals surface area contributed by atoms with Crippen LogP contribution in [-0.2, 0) is 6.42 Å². The van der Waals surface area contributed by atoms with E-state index in [2.05, 4.69) is 17.4 Å². The molecule has 4 aromatic rings. The first-order chi connectivity index (χ1) is 13.3. The summed E-state index contributed by atoms with van der Waals surface area (Å²) < 4.78 is 11.2. The van der Waals surface area contributed by atoms with E-state index < -0.39 is 6.09 Å². The predicted octanol–water partition coefficient (Wildman–Crippen LogP) is 5.70. The second-order valence-electron chi connectivity index (χ2n) is 6.52. The lowest BCUT2D eigenvalue weighted by Gasteiger charge is -2.07. The highest BCUT2D eigenvalue weighted by Crippen LogP contribution is 2.31. The number of furan rings is 1. The second kappa shape index (κ2) is 7.96. The molecule has 4 rings (SSSR count). The van der Waals surface area contributed by atoms with Crippen LogP contribution in [-0.4, -0.2) is 12.6 Å². The van der Waals surface area contributed by atoms with Crippen LogP contribution in [0.2, 0.25) is 0 Å². The van der Waals surface area contributed by atoms with E-state index in [1.165, 1.54) is 5.56 Å². The molecule has 1 heterocycles. The number of aryl methyl sites for hydroxylation is 1. The molecule has 0 unspecified atom stereocenters. The SMILES string of the molecule is O=C(NCCCCc1ccccc1)Oc1ccc2oc3ccccc3c2c1. The fourth-order valence-corrected chi connectivity index (χ4v) is 3.20. The van der Waals surface area contributed by atoms with Gasteiger partial charge in [0.05, 0.1) is 0 Å². The molecule has 0 spiro atoms. The third-order valence-electron chi connectivity index (χ3n) is 4.56. The highest BCUT2D eigenvalue weighted by Gasteiger charge is 2.09. The third kappa shape index (κ3) is 4.11. The molecule has 0 saturated carbocycles. The lowest BCUT2D eigenvalue weighted by atomic mass is 10.1. The molecular formula is C23H21NO3. The standard InChI is InChI=1S/C23H21NO3/c25-23(24-15-7-6-10-17-8-2-1-3-9-17)26-18-13-14-22-20(16-18)19-11-4-5-12-21(19)27-22/h1-5,8-9,11-14,16H,6-7,10,15H2,(H,24,25). The van der Waals surface area contributed by atoms with Gasteiger partial charge in [0.25, 0.3) is 0 Å². The van der Waals surface area contributed by atoms with Crippen molar-refractivity contribution in [2.24, 2.45) is 0 Å². The second-order valence-corrected chi connectivity index (χ2v) is 6.52. The van der Waals surface area contributed by atoms with E-state index in [0.717, 1.165) is 41.2 Å². The topological polar surface area (TPSA) is 51.5 Å². The minimum Gasteiger partial charge on any atom is -0.456 e. The van der Waals surface area contributed by atoms with Gasteiger partial charge in [-0.1, -0.05) is 48.5 Å². The highest BCUT2D eigenvalue weighted by atomic mass is 16.6. The molecule has 0 saturated heterocycles. The van der Waals surface area contributed by atoms with Crippen molar-refractivity contribution in [3.05, 3.63) is 78.4 Å².